The number of hydrogen-bond donors (Lipinski definition) is 0. The summed E-state index contributed by atoms with van der Waals surface area (Å²) in [6.45, 7) is 0. The van der Waals surface area contributed by atoms with Crippen LogP contribution in [0.4, 0.5) is 0 Å². The Morgan fingerprint density at radius 3 is 2.78 bits per heavy atom. The van der Waals surface area contributed by atoms with Gasteiger partial charge in [0.15, 0.2) is 0 Å². The molecule has 4 heteroatoms. The molecule has 4 nitrogen and oxygen atoms in total. The van der Waals surface area contributed by atoms with E-state index in [1.54, 1.807) is 6.20 Å². The van der Waals surface area contributed by atoms with Crippen molar-refractivity contribution >= 4 is 0 Å². The second kappa shape index (κ2) is 1.72. The molecular weight excluding hydrogens is 116 g/mol. The van der Waals surface area contributed by atoms with Gasteiger partial charge in [-0.25, -0.2) is 0 Å². The average molecular weight is 122 g/mol. The van der Waals surface area contributed by atoms with Crippen LogP contribution in [-0.4, -0.2) is 20.6 Å². The lowest BCUT2D eigenvalue weighted by atomic mass is 10.3. The fourth-order valence-corrected chi connectivity index (χ4v) is 0.772. The molecule has 0 spiro atoms. The summed E-state index contributed by atoms with van der Waals surface area (Å²) in [5.74, 6) is 0.632. The third kappa shape index (κ3) is 0.872. The van der Waals surface area contributed by atoms with Crippen LogP contribution in [0.2, 0.25) is 0 Å². The Balaban J connectivity index is 2.29. The van der Waals surface area contributed by atoms with Gasteiger partial charge < -0.3 is 0 Å². The lowest BCUT2D eigenvalue weighted by Gasteiger charge is -1.87. The van der Waals surface area contributed by atoms with E-state index >= 15 is 0 Å². The Kier molecular flexibility index (Phi) is 0.913. The highest BCUT2D eigenvalue weighted by atomic mass is 15.4. The first-order chi connectivity index (χ1) is 4.47. The van der Waals surface area contributed by atoms with Crippen molar-refractivity contribution in [3.8, 4) is 0 Å². The van der Waals surface area contributed by atoms with E-state index in [0.29, 0.717) is 5.92 Å². The summed E-state index contributed by atoms with van der Waals surface area (Å²) in [5.41, 5.74) is 0.991. The molecule has 1 aliphatic rings. The first-order valence-electron chi connectivity index (χ1n) is 2.98. The van der Waals surface area contributed by atoms with Crippen molar-refractivity contribution in [3.63, 3.8) is 0 Å². The number of rotatable bonds is 1. The second-order valence-corrected chi connectivity index (χ2v) is 2.22. The number of aromatic nitrogens is 4. The molecule has 0 bridgehead atoms. The van der Waals surface area contributed by atoms with E-state index in [-0.39, 0.29) is 0 Å². The van der Waals surface area contributed by atoms with Gasteiger partial charge in [-0.3, -0.25) is 0 Å². The lowest BCUT2D eigenvalue weighted by Crippen LogP contribution is -1.94. The van der Waals surface area contributed by atoms with Crippen molar-refractivity contribution in [3.05, 3.63) is 11.9 Å². The molecule has 0 radical (unpaired) electrons. The van der Waals surface area contributed by atoms with Gasteiger partial charge in [-0.15, -0.1) is 10.2 Å². The van der Waals surface area contributed by atoms with E-state index < -0.39 is 0 Å². The molecule has 1 aliphatic carbocycles. The van der Waals surface area contributed by atoms with Crippen molar-refractivity contribution in [2.45, 2.75) is 18.8 Å². The summed E-state index contributed by atoms with van der Waals surface area (Å²) in [7, 11) is 0. The largest absolute Gasteiger partial charge is 0.135 e. The summed E-state index contributed by atoms with van der Waals surface area (Å²) in [6.07, 6.45) is 4.16. The first kappa shape index (κ1) is 4.78. The highest BCUT2D eigenvalue weighted by molar-refractivity contribution is 5.07. The van der Waals surface area contributed by atoms with Crippen molar-refractivity contribution < 1.29 is 0 Å². The van der Waals surface area contributed by atoms with Crippen LogP contribution in [0.1, 0.15) is 24.5 Å². The van der Waals surface area contributed by atoms with Crippen LogP contribution >= 0.6 is 0 Å². The van der Waals surface area contributed by atoms with Gasteiger partial charge in [-0.1, -0.05) is 0 Å². The van der Waals surface area contributed by atoms with Crippen LogP contribution in [0.15, 0.2) is 6.20 Å². The van der Waals surface area contributed by atoms with Crippen LogP contribution in [0.25, 0.3) is 0 Å². The fourth-order valence-electron chi connectivity index (χ4n) is 0.772. The lowest BCUT2D eigenvalue weighted by molar-refractivity contribution is 0.723. The smallest absolute Gasteiger partial charge is 0.0881 e. The van der Waals surface area contributed by atoms with E-state index in [1.165, 1.54) is 12.8 Å². The average Bonchev–Trinajstić information content (AvgIpc) is 2.71. The number of nitrogens with zero attached hydrogens (tertiary/aromatic N) is 4. The van der Waals surface area contributed by atoms with Gasteiger partial charge in [0, 0.05) is 5.92 Å². The van der Waals surface area contributed by atoms with E-state index in [9.17, 15) is 0 Å². The molecule has 2 rings (SSSR count). The number of hydrogen-bond acceptors (Lipinski definition) is 4. The van der Waals surface area contributed by atoms with Crippen LogP contribution in [0.5, 0.6) is 0 Å². The second-order valence-electron chi connectivity index (χ2n) is 2.22. The zero-order valence-electron chi connectivity index (χ0n) is 4.86. The van der Waals surface area contributed by atoms with Crippen molar-refractivity contribution in [2.24, 2.45) is 0 Å². The quantitative estimate of drug-likeness (QED) is 0.531. The molecule has 0 aliphatic heterocycles. The Morgan fingerprint density at radius 2 is 2.22 bits per heavy atom. The van der Waals surface area contributed by atoms with Crippen LogP contribution < -0.4 is 0 Å². The zero-order valence-corrected chi connectivity index (χ0v) is 4.86. The normalized spacial score (nSPS) is 17.8. The standard InChI is InChI=1S/C5H6N4/c1-2-4(1)5-3-6-8-9-7-5/h3-4H,1-2H2. The predicted molar refractivity (Wildman–Crippen MR) is 29.6 cm³/mol. The molecule has 1 fully saturated rings. The van der Waals surface area contributed by atoms with Crippen molar-refractivity contribution in [2.75, 3.05) is 0 Å². The molecule has 1 heterocycles. The molecule has 9 heavy (non-hydrogen) atoms. The molecule has 0 aromatic carbocycles. The van der Waals surface area contributed by atoms with E-state index in [0.717, 1.165) is 5.69 Å². The van der Waals surface area contributed by atoms with E-state index in [2.05, 4.69) is 20.6 Å². The maximum atomic E-state index is 3.82. The molecule has 1 aromatic rings. The summed E-state index contributed by atoms with van der Waals surface area (Å²) >= 11 is 0. The van der Waals surface area contributed by atoms with Gasteiger partial charge in [-0.05, 0) is 23.3 Å². The molecule has 1 aromatic heterocycles. The maximum absolute atomic E-state index is 3.82. The van der Waals surface area contributed by atoms with Crippen LogP contribution in [0, 0.1) is 0 Å². The molecule has 46 valence electrons. The fraction of sp³-hybridized carbons (Fsp3) is 0.600. The summed E-state index contributed by atoms with van der Waals surface area (Å²) in [5, 5.41) is 14.2. The third-order valence-electron chi connectivity index (χ3n) is 1.44. The topological polar surface area (TPSA) is 51.6 Å². The molecule has 0 N–H and O–H groups in total. The molecule has 0 saturated heterocycles. The van der Waals surface area contributed by atoms with Gasteiger partial charge in [0.05, 0.1) is 11.9 Å². The molecule has 0 unspecified atom stereocenters. The Hall–Kier alpha value is -1.06. The Morgan fingerprint density at radius 1 is 1.33 bits per heavy atom. The van der Waals surface area contributed by atoms with Gasteiger partial charge in [0.25, 0.3) is 0 Å². The van der Waals surface area contributed by atoms with E-state index in [4.69, 9.17) is 0 Å². The highest BCUT2D eigenvalue weighted by Gasteiger charge is 2.25. The first-order valence-corrected chi connectivity index (χ1v) is 2.98. The molecule has 1 saturated carbocycles. The predicted octanol–water partition coefficient (Wildman–Crippen LogP) is 0.144. The van der Waals surface area contributed by atoms with Crippen molar-refractivity contribution in [1.29, 1.82) is 0 Å². The van der Waals surface area contributed by atoms with Crippen LogP contribution in [0.3, 0.4) is 0 Å². The SMILES string of the molecule is c1nnnnc1C1CC1. The van der Waals surface area contributed by atoms with Gasteiger partial charge in [0.2, 0.25) is 0 Å². The summed E-state index contributed by atoms with van der Waals surface area (Å²) < 4.78 is 0. The molecular formula is C5H6N4. The molecule has 0 amide bonds. The molecule has 0 atom stereocenters. The van der Waals surface area contributed by atoms with Crippen molar-refractivity contribution in [1.82, 2.24) is 20.6 Å². The minimum atomic E-state index is 0.632. The Bertz CT molecular complexity index is 193. The minimum Gasteiger partial charge on any atom is -0.135 e. The van der Waals surface area contributed by atoms with Crippen LogP contribution in [-0.2, 0) is 0 Å². The van der Waals surface area contributed by atoms with Gasteiger partial charge in [-0.2, -0.15) is 0 Å². The monoisotopic (exact) mass is 122 g/mol. The van der Waals surface area contributed by atoms with E-state index in [1.807, 2.05) is 0 Å². The summed E-state index contributed by atoms with van der Waals surface area (Å²) in [4.78, 5) is 0. The van der Waals surface area contributed by atoms with Gasteiger partial charge in [0.1, 0.15) is 0 Å². The summed E-state index contributed by atoms with van der Waals surface area (Å²) in [6, 6.07) is 0. The third-order valence-corrected chi connectivity index (χ3v) is 1.44. The zero-order chi connectivity index (χ0) is 6.10. The Labute approximate surface area is 52.3 Å². The minimum absolute atomic E-state index is 0.632. The highest BCUT2D eigenvalue weighted by Crippen LogP contribution is 2.37. The maximum Gasteiger partial charge on any atom is 0.0881 e. The van der Waals surface area contributed by atoms with Gasteiger partial charge >= 0.3 is 0 Å².